The van der Waals surface area contributed by atoms with Crippen molar-refractivity contribution >= 4 is 50.2 Å². The third kappa shape index (κ3) is 3.81. The minimum absolute atomic E-state index is 0.0443. The summed E-state index contributed by atoms with van der Waals surface area (Å²) in [7, 11) is -3.73. The highest BCUT2D eigenvalue weighted by atomic mass is 35.5. The second kappa shape index (κ2) is 6.41. The Hall–Kier alpha value is -0.990. The van der Waals surface area contributed by atoms with Crippen LogP contribution in [0.2, 0.25) is 4.34 Å². The zero-order valence-electron chi connectivity index (χ0n) is 11.0. The Kier molecular flexibility index (Phi) is 5.00. The number of rotatable bonds is 5. The number of hydrogen-bond acceptors (Lipinski definition) is 4. The zero-order valence-corrected chi connectivity index (χ0v) is 14.2. The van der Waals surface area contributed by atoms with E-state index in [9.17, 15) is 8.42 Å². The molecule has 2 rings (SSSR count). The van der Waals surface area contributed by atoms with E-state index in [0.29, 0.717) is 9.90 Å². The third-order valence-corrected chi connectivity index (χ3v) is 6.03. The van der Waals surface area contributed by atoms with Crippen LogP contribution in [0.3, 0.4) is 0 Å². The second-order valence-electron chi connectivity index (χ2n) is 4.35. The predicted molar refractivity (Wildman–Crippen MR) is 90.4 cm³/mol. The fourth-order valence-electron chi connectivity index (χ4n) is 1.82. The second-order valence-corrected chi connectivity index (χ2v) is 8.21. The lowest BCUT2D eigenvalue weighted by Crippen LogP contribution is -2.28. The summed E-state index contributed by atoms with van der Waals surface area (Å²) in [5.41, 5.74) is 5.91. The Labute approximate surface area is 138 Å². The predicted octanol–water partition coefficient (Wildman–Crippen LogP) is 3.08. The van der Waals surface area contributed by atoms with Crippen LogP contribution in [0.1, 0.15) is 23.4 Å². The normalized spacial score (nSPS) is 13.0. The number of hydrogen-bond donors (Lipinski definition) is 2. The van der Waals surface area contributed by atoms with Gasteiger partial charge in [-0.1, -0.05) is 42.0 Å². The molecule has 0 fully saturated rings. The molecule has 0 spiro atoms. The van der Waals surface area contributed by atoms with Crippen LogP contribution in [0.5, 0.6) is 0 Å². The molecule has 3 N–H and O–H groups in total. The SMILES string of the molecule is CC(NS(=O)(=O)c1ccccc1C(N)=S)c1ccc(Cl)s1. The van der Waals surface area contributed by atoms with Crippen molar-refractivity contribution in [3.05, 3.63) is 51.2 Å². The molecule has 0 aliphatic rings. The summed E-state index contributed by atoms with van der Waals surface area (Å²) < 4.78 is 28.2. The van der Waals surface area contributed by atoms with Gasteiger partial charge in [0.2, 0.25) is 10.0 Å². The molecule has 21 heavy (non-hydrogen) atoms. The van der Waals surface area contributed by atoms with E-state index in [4.69, 9.17) is 29.6 Å². The highest BCUT2D eigenvalue weighted by Crippen LogP contribution is 2.28. The van der Waals surface area contributed by atoms with E-state index in [-0.39, 0.29) is 9.88 Å². The molecule has 0 radical (unpaired) electrons. The molecule has 1 aromatic heterocycles. The molecule has 1 atom stereocenters. The van der Waals surface area contributed by atoms with Crippen molar-refractivity contribution in [3.63, 3.8) is 0 Å². The number of halogens is 1. The lowest BCUT2D eigenvalue weighted by molar-refractivity contribution is 0.568. The topological polar surface area (TPSA) is 72.2 Å². The summed E-state index contributed by atoms with van der Waals surface area (Å²) in [5.74, 6) is 0. The largest absolute Gasteiger partial charge is 0.389 e. The first-order chi connectivity index (χ1) is 9.81. The number of sulfonamides is 1. The number of thiocarbonyl (C=S) groups is 1. The maximum atomic E-state index is 12.5. The van der Waals surface area contributed by atoms with Gasteiger partial charge in [0.15, 0.2) is 0 Å². The summed E-state index contributed by atoms with van der Waals surface area (Å²) in [5, 5.41) is 0. The first kappa shape index (κ1) is 16.4. The van der Waals surface area contributed by atoms with Gasteiger partial charge in [-0.2, -0.15) is 0 Å². The van der Waals surface area contributed by atoms with Crippen LogP contribution in [0.15, 0.2) is 41.3 Å². The Balaban J connectivity index is 2.33. The first-order valence-corrected chi connectivity index (χ1v) is 9.06. The van der Waals surface area contributed by atoms with Gasteiger partial charge < -0.3 is 5.73 Å². The van der Waals surface area contributed by atoms with E-state index in [1.54, 1.807) is 37.3 Å². The fraction of sp³-hybridized carbons (Fsp3) is 0.154. The summed E-state index contributed by atoms with van der Waals surface area (Å²) in [6.45, 7) is 1.75. The van der Waals surface area contributed by atoms with Gasteiger partial charge in [0.05, 0.1) is 15.3 Å². The van der Waals surface area contributed by atoms with Crippen LogP contribution < -0.4 is 10.5 Å². The van der Waals surface area contributed by atoms with E-state index < -0.39 is 16.1 Å². The van der Waals surface area contributed by atoms with Crippen LogP contribution in [-0.2, 0) is 10.0 Å². The van der Waals surface area contributed by atoms with Crippen LogP contribution >= 0.6 is 35.2 Å². The van der Waals surface area contributed by atoms with Gasteiger partial charge in [0, 0.05) is 10.4 Å². The molecule has 1 heterocycles. The molecule has 1 aromatic carbocycles. The van der Waals surface area contributed by atoms with Crippen LogP contribution in [-0.4, -0.2) is 13.4 Å². The summed E-state index contributed by atoms with van der Waals surface area (Å²) >= 11 is 12.1. The number of nitrogens with two attached hydrogens (primary N) is 1. The van der Waals surface area contributed by atoms with Gasteiger partial charge in [0.1, 0.15) is 4.99 Å². The van der Waals surface area contributed by atoms with Crippen LogP contribution in [0, 0.1) is 0 Å². The molecule has 8 heteroatoms. The smallest absolute Gasteiger partial charge is 0.241 e. The van der Waals surface area contributed by atoms with E-state index in [0.717, 1.165) is 4.88 Å². The lowest BCUT2D eigenvalue weighted by atomic mass is 10.2. The highest BCUT2D eigenvalue weighted by Gasteiger charge is 2.22. The Morgan fingerprint density at radius 1 is 1.33 bits per heavy atom. The van der Waals surface area contributed by atoms with Gasteiger partial charge in [-0.3, -0.25) is 0 Å². The van der Waals surface area contributed by atoms with Crippen LogP contribution in [0.25, 0.3) is 0 Å². The van der Waals surface area contributed by atoms with Gasteiger partial charge in [-0.25, -0.2) is 13.1 Å². The van der Waals surface area contributed by atoms with E-state index in [1.165, 1.54) is 17.4 Å². The first-order valence-electron chi connectivity index (χ1n) is 5.97. The number of thiophene rings is 1. The average molecular weight is 361 g/mol. The van der Waals surface area contributed by atoms with Crippen molar-refractivity contribution < 1.29 is 8.42 Å². The van der Waals surface area contributed by atoms with Crippen molar-refractivity contribution in [2.24, 2.45) is 5.73 Å². The molecule has 0 aliphatic carbocycles. The van der Waals surface area contributed by atoms with E-state index in [1.807, 2.05) is 0 Å². The van der Waals surface area contributed by atoms with Gasteiger partial charge in [-0.15, -0.1) is 11.3 Å². The van der Waals surface area contributed by atoms with Crippen LogP contribution in [0.4, 0.5) is 0 Å². The Morgan fingerprint density at radius 3 is 2.57 bits per heavy atom. The standard InChI is InChI=1S/C13H13ClN2O2S3/c1-8(10-6-7-12(14)20-10)16-21(17,18)11-5-3-2-4-9(11)13(15)19/h2-8,16H,1H3,(H2,15,19). The molecule has 0 saturated heterocycles. The molecule has 1 unspecified atom stereocenters. The van der Waals surface area contributed by atoms with E-state index in [2.05, 4.69) is 4.72 Å². The average Bonchev–Trinajstić information content (AvgIpc) is 2.85. The minimum Gasteiger partial charge on any atom is -0.389 e. The van der Waals surface area contributed by atoms with Gasteiger partial charge in [-0.05, 0) is 25.1 Å². The molecule has 112 valence electrons. The molecule has 2 aromatic rings. The Bertz CT molecular complexity index is 771. The van der Waals surface area contributed by atoms with Crippen molar-refractivity contribution in [2.75, 3.05) is 0 Å². The van der Waals surface area contributed by atoms with E-state index >= 15 is 0 Å². The van der Waals surface area contributed by atoms with Crippen molar-refractivity contribution in [1.82, 2.24) is 4.72 Å². The lowest BCUT2D eigenvalue weighted by Gasteiger charge is -2.15. The summed E-state index contributed by atoms with van der Waals surface area (Å²) in [6, 6.07) is 9.51. The molecule has 0 amide bonds. The Morgan fingerprint density at radius 2 is 2.00 bits per heavy atom. The molecule has 4 nitrogen and oxygen atoms in total. The van der Waals surface area contributed by atoms with Crippen molar-refractivity contribution in [3.8, 4) is 0 Å². The number of nitrogens with one attached hydrogen (secondary N) is 1. The maximum absolute atomic E-state index is 12.5. The molecular formula is C13H13ClN2O2S3. The third-order valence-electron chi connectivity index (χ3n) is 2.79. The zero-order chi connectivity index (χ0) is 15.6. The van der Waals surface area contributed by atoms with Crippen molar-refractivity contribution in [1.29, 1.82) is 0 Å². The van der Waals surface area contributed by atoms with Gasteiger partial charge in [0.25, 0.3) is 0 Å². The monoisotopic (exact) mass is 360 g/mol. The summed E-state index contributed by atoms with van der Waals surface area (Å²) in [6.07, 6.45) is 0. The fourth-order valence-corrected chi connectivity index (χ4v) is 4.64. The quantitative estimate of drug-likeness (QED) is 0.804. The molecular weight excluding hydrogens is 348 g/mol. The molecule has 0 bridgehead atoms. The maximum Gasteiger partial charge on any atom is 0.241 e. The highest BCUT2D eigenvalue weighted by molar-refractivity contribution is 7.89. The molecule has 0 aliphatic heterocycles. The summed E-state index contributed by atoms with van der Waals surface area (Å²) in [4.78, 5) is 0.950. The number of benzene rings is 1. The minimum atomic E-state index is -3.73. The van der Waals surface area contributed by atoms with Crippen molar-refractivity contribution in [2.45, 2.75) is 17.9 Å². The van der Waals surface area contributed by atoms with Gasteiger partial charge >= 0.3 is 0 Å². The molecule has 0 saturated carbocycles.